The number of aliphatic hydroxyl groups is 1. The van der Waals surface area contributed by atoms with Gasteiger partial charge in [0.1, 0.15) is 5.60 Å². The lowest BCUT2D eigenvalue weighted by Gasteiger charge is -2.34. The van der Waals surface area contributed by atoms with E-state index in [4.69, 9.17) is 9.47 Å². The summed E-state index contributed by atoms with van der Waals surface area (Å²) >= 11 is 0. The van der Waals surface area contributed by atoms with Crippen molar-refractivity contribution < 1.29 is 24.2 Å². The van der Waals surface area contributed by atoms with Crippen LogP contribution in [0.4, 0.5) is 5.69 Å². The third kappa shape index (κ3) is 4.58. The Balaban J connectivity index is 1.80. The van der Waals surface area contributed by atoms with Crippen molar-refractivity contribution in [3.63, 3.8) is 0 Å². The minimum absolute atomic E-state index is 0.214. The highest BCUT2D eigenvalue weighted by molar-refractivity contribution is 6.00. The molecule has 0 bridgehead atoms. The van der Waals surface area contributed by atoms with Gasteiger partial charge in [-0.05, 0) is 44.0 Å². The first kappa shape index (κ1) is 20.0. The van der Waals surface area contributed by atoms with Crippen molar-refractivity contribution in [3.05, 3.63) is 54.6 Å². The van der Waals surface area contributed by atoms with Crippen molar-refractivity contribution in [2.45, 2.75) is 38.6 Å². The molecule has 2 aromatic rings. The molecule has 0 saturated carbocycles. The number of ether oxygens (including phenoxy) is 2. The third-order valence-electron chi connectivity index (χ3n) is 4.32. The number of hydrogen-bond acceptors (Lipinski definition) is 5. The number of anilines is 1. The second-order valence-corrected chi connectivity index (χ2v) is 7.68. The monoisotopic (exact) mass is 383 g/mol. The molecule has 0 aliphatic carbocycles. The molecular weight excluding hydrogens is 358 g/mol. The molecule has 0 radical (unpaired) electrons. The van der Waals surface area contributed by atoms with Gasteiger partial charge in [0.2, 0.25) is 0 Å². The quantitative estimate of drug-likeness (QED) is 0.822. The molecule has 1 fully saturated rings. The predicted octanol–water partition coefficient (Wildman–Crippen LogP) is 2.79. The van der Waals surface area contributed by atoms with Gasteiger partial charge in [-0.15, -0.1) is 0 Å². The first-order chi connectivity index (χ1) is 13.3. The number of rotatable bonds is 4. The van der Waals surface area contributed by atoms with Gasteiger partial charge in [-0.25, -0.2) is 4.79 Å². The molecule has 148 valence electrons. The van der Waals surface area contributed by atoms with Crippen LogP contribution >= 0.6 is 0 Å². The maximum absolute atomic E-state index is 12.9. The van der Waals surface area contributed by atoms with Gasteiger partial charge in [-0.1, -0.05) is 42.5 Å². The smallest absolute Gasteiger partial charge is 0.338 e. The molecule has 0 unspecified atom stereocenters. The lowest BCUT2D eigenvalue weighted by atomic mass is 10.0. The van der Waals surface area contributed by atoms with E-state index < -0.39 is 29.7 Å². The zero-order valence-electron chi connectivity index (χ0n) is 16.3. The number of amides is 1. The maximum atomic E-state index is 12.9. The zero-order valence-corrected chi connectivity index (χ0v) is 16.3. The third-order valence-corrected chi connectivity index (χ3v) is 4.32. The van der Waals surface area contributed by atoms with Crippen molar-refractivity contribution in [1.29, 1.82) is 0 Å². The van der Waals surface area contributed by atoms with E-state index in [9.17, 15) is 14.7 Å². The van der Waals surface area contributed by atoms with E-state index in [0.717, 1.165) is 11.1 Å². The minimum Gasteiger partial charge on any atom is -0.458 e. The molecule has 2 aromatic carbocycles. The highest BCUT2D eigenvalue weighted by atomic mass is 16.6. The first-order valence-corrected chi connectivity index (χ1v) is 9.26. The number of hydrogen-bond donors (Lipinski definition) is 1. The average Bonchev–Trinajstić information content (AvgIpc) is 2.67. The fourth-order valence-electron chi connectivity index (χ4n) is 3.06. The van der Waals surface area contributed by atoms with Crippen LogP contribution < -0.4 is 4.90 Å². The van der Waals surface area contributed by atoms with Crippen molar-refractivity contribution in [2.75, 3.05) is 18.1 Å². The summed E-state index contributed by atoms with van der Waals surface area (Å²) in [7, 11) is 0. The maximum Gasteiger partial charge on any atom is 0.338 e. The molecule has 1 aliphatic rings. The number of carbonyl (C=O) groups excluding carboxylic acids is 2. The lowest BCUT2D eigenvalue weighted by molar-refractivity contribution is -0.177. The average molecular weight is 383 g/mol. The molecule has 28 heavy (non-hydrogen) atoms. The molecule has 6 heteroatoms. The van der Waals surface area contributed by atoms with Gasteiger partial charge < -0.3 is 19.5 Å². The summed E-state index contributed by atoms with van der Waals surface area (Å²) in [5.41, 5.74) is 1.94. The Morgan fingerprint density at radius 1 is 1.14 bits per heavy atom. The second-order valence-electron chi connectivity index (χ2n) is 7.68. The van der Waals surface area contributed by atoms with E-state index in [1.54, 1.807) is 20.8 Å². The fraction of sp³-hybridized carbons (Fsp3) is 0.364. The van der Waals surface area contributed by atoms with Crippen LogP contribution in [0.3, 0.4) is 0 Å². The number of nitrogens with zero attached hydrogens (tertiary/aromatic N) is 1. The number of benzene rings is 2. The summed E-state index contributed by atoms with van der Waals surface area (Å²) in [5, 5.41) is 10.3. The lowest BCUT2D eigenvalue weighted by Crippen LogP contribution is -2.55. The zero-order chi connectivity index (χ0) is 20.3. The first-order valence-electron chi connectivity index (χ1n) is 9.26. The van der Waals surface area contributed by atoms with E-state index in [0.29, 0.717) is 12.2 Å². The summed E-state index contributed by atoms with van der Waals surface area (Å²) < 4.78 is 10.6. The normalized spacial score (nSPS) is 18.6. The number of carbonyl (C=O) groups is 2. The van der Waals surface area contributed by atoms with Crippen LogP contribution in [0.1, 0.15) is 20.8 Å². The SMILES string of the molecule is CC(C)(C)OC(=O)[C@H](O)[C@H]1OCCN(c2cccc(-c3ccccc3)c2)C1=O. The van der Waals surface area contributed by atoms with Gasteiger partial charge in [0.05, 0.1) is 6.61 Å². The summed E-state index contributed by atoms with van der Waals surface area (Å²) in [6.45, 7) is 5.65. The molecular formula is C22H25NO5. The van der Waals surface area contributed by atoms with Gasteiger partial charge in [0.15, 0.2) is 12.2 Å². The van der Waals surface area contributed by atoms with Crippen molar-refractivity contribution in [3.8, 4) is 11.1 Å². The molecule has 1 aliphatic heterocycles. The molecule has 0 spiro atoms. The van der Waals surface area contributed by atoms with E-state index in [-0.39, 0.29) is 6.61 Å². The Hall–Kier alpha value is -2.70. The standard InChI is InChI=1S/C22H25NO5/c1-22(2,3)28-21(26)18(24)19-20(25)23(12-13-27-19)17-11-7-10-16(14-17)15-8-5-4-6-9-15/h4-11,14,18-19,24H,12-13H2,1-3H3/t18-,19-/m1/s1. The molecule has 1 amide bonds. The van der Waals surface area contributed by atoms with Crippen molar-refractivity contribution in [1.82, 2.24) is 0 Å². The van der Waals surface area contributed by atoms with E-state index >= 15 is 0 Å². The van der Waals surface area contributed by atoms with Crippen LogP contribution in [-0.2, 0) is 19.1 Å². The Bertz CT molecular complexity index is 844. The number of morpholine rings is 1. The summed E-state index contributed by atoms with van der Waals surface area (Å²) in [5.74, 6) is -1.33. The van der Waals surface area contributed by atoms with E-state index in [1.165, 1.54) is 4.90 Å². The topological polar surface area (TPSA) is 76.1 Å². The van der Waals surface area contributed by atoms with Crippen LogP contribution in [0.5, 0.6) is 0 Å². The molecule has 0 aromatic heterocycles. The predicted molar refractivity (Wildman–Crippen MR) is 106 cm³/mol. The molecule has 3 rings (SSSR count). The molecule has 1 N–H and O–H groups in total. The molecule has 2 atom stereocenters. The van der Waals surface area contributed by atoms with Gasteiger partial charge >= 0.3 is 5.97 Å². The Labute approximate surface area is 164 Å². The van der Waals surface area contributed by atoms with Gasteiger partial charge in [-0.3, -0.25) is 4.79 Å². The molecule has 6 nitrogen and oxygen atoms in total. The second kappa shape index (κ2) is 8.12. The van der Waals surface area contributed by atoms with E-state index in [1.807, 2.05) is 54.6 Å². The van der Waals surface area contributed by atoms with Crippen LogP contribution in [0.25, 0.3) is 11.1 Å². The van der Waals surface area contributed by atoms with Crippen LogP contribution in [0.15, 0.2) is 54.6 Å². The number of esters is 1. The highest BCUT2D eigenvalue weighted by Gasteiger charge is 2.41. The van der Waals surface area contributed by atoms with Crippen LogP contribution in [0.2, 0.25) is 0 Å². The summed E-state index contributed by atoms with van der Waals surface area (Å²) in [6, 6.07) is 17.4. The van der Waals surface area contributed by atoms with E-state index in [2.05, 4.69) is 0 Å². The van der Waals surface area contributed by atoms with Crippen molar-refractivity contribution >= 4 is 17.6 Å². The van der Waals surface area contributed by atoms with Gasteiger partial charge in [0.25, 0.3) is 5.91 Å². The summed E-state index contributed by atoms with van der Waals surface area (Å²) in [6.07, 6.45) is -2.96. The Kier molecular flexibility index (Phi) is 5.82. The van der Waals surface area contributed by atoms with Crippen LogP contribution in [-0.4, -0.2) is 47.9 Å². The highest BCUT2D eigenvalue weighted by Crippen LogP contribution is 2.27. The minimum atomic E-state index is -1.67. The van der Waals surface area contributed by atoms with Gasteiger partial charge in [-0.2, -0.15) is 0 Å². The molecule has 1 saturated heterocycles. The van der Waals surface area contributed by atoms with Crippen LogP contribution in [0, 0.1) is 0 Å². The molecule has 1 heterocycles. The summed E-state index contributed by atoms with van der Waals surface area (Å²) in [4.78, 5) is 26.6. The fourth-order valence-corrected chi connectivity index (χ4v) is 3.06. The number of aliphatic hydroxyl groups excluding tert-OH is 1. The van der Waals surface area contributed by atoms with Crippen molar-refractivity contribution in [2.24, 2.45) is 0 Å². The Morgan fingerprint density at radius 3 is 2.50 bits per heavy atom. The Morgan fingerprint density at radius 2 is 1.82 bits per heavy atom. The van der Waals surface area contributed by atoms with Gasteiger partial charge in [0, 0.05) is 12.2 Å². The largest absolute Gasteiger partial charge is 0.458 e.